The molecule has 1 aliphatic heterocycles. The molecule has 0 amide bonds. The van der Waals surface area contributed by atoms with E-state index in [1.165, 1.54) is 6.07 Å². The standard InChI is InChI=1S/C12H14BrFN2O3/c13-9-6-11(12(16(17)18)7-10(9)14)15-4-3-8-2-1-5-19-8/h6-8,15H,1-5H2. The number of nitrogens with one attached hydrogen (secondary N) is 1. The molecule has 1 unspecified atom stereocenters. The SMILES string of the molecule is O=[N+]([O-])c1cc(F)c(Br)cc1NCCC1CCCO1. The van der Waals surface area contributed by atoms with Gasteiger partial charge in [-0.15, -0.1) is 0 Å². The first kappa shape index (κ1) is 14.2. The molecule has 1 saturated heterocycles. The minimum absolute atomic E-state index is 0.206. The van der Waals surface area contributed by atoms with E-state index in [9.17, 15) is 14.5 Å². The van der Waals surface area contributed by atoms with Gasteiger partial charge in [-0.2, -0.15) is 0 Å². The lowest BCUT2D eigenvalue weighted by Gasteiger charge is -2.11. The average Bonchev–Trinajstić information content (AvgIpc) is 2.86. The van der Waals surface area contributed by atoms with E-state index in [4.69, 9.17) is 4.74 Å². The van der Waals surface area contributed by atoms with Gasteiger partial charge >= 0.3 is 0 Å². The van der Waals surface area contributed by atoms with Crippen LogP contribution in [0.1, 0.15) is 19.3 Å². The highest BCUT2D eigenvalue weighted by molar-refractivity contribution is 9.10. The first-order valence-electron chi connectivity index (χ1n) is 6.07. The van der Waals surface area contributed by atoms with Gasteiger partial charge in [0.05, 0.1) is 21.6 Å². The summed E-state index contributed by atoms with van der Waals surface area (Å²) >= 11 is 3.03. The number of halogens is 2. The molecule has 0 aliphatic carbocycles. The normalized spacial score (nSPS) is 18.5. The molecule has 7 heteroatoms. The van der Waals surface area contributed by atoms with Crippen LogP contribution in [0.15, 0.2) is 16.6 Å². The summed E-state index contributed by atoms with van der Waals surface area (Å²) in [5, 5.41) is 13.8. The summed E-state index contributed by atoms with van der Waals surface area (Å²) in [7, 11) is 0. The van der Waals surface area contributed by atoms with Crippen molar-refractivity contribution in [3.63, 3.8) is 0 Å². The van der Waals surface area contributed by atoms with E-state index < -0.39 is 10.7 Å². The quantitative estimate of drug-likeness (QED) is 0.662. The van der Waals surface area contributed by atoms with Crippen LogP contribution in [0.25, 0.3) is 0 Å². The molecule has 5 nitrogen and oxygen atoms in total. The minimum Gasteiger partial charge on any atom is -0.379 e. The molecule has 1 fully saturated rings. The molecule has 1 aliphatic rings. The maximum absolute atomic E-state index is 13.3. The lowest BCUT2D eigenvalue weighted by Crippen LogP contribution is -2.13. The Morgan fingerprint density at radius 3 is 3.00 bits per heavy atom. The van der Waals surface area contributed by atoms with E-state index in [1.807, 2.05) is 0 Å². The van der Waals surface area contributed by atoms with Crippen molar-refractivity contribution in [1.82, 2.24) is 0 Å². The highest BCUT2D eigenvalue weighted by Gasteiger charge is 2.19. The van der Waals surface area contributed by atoms with E-state index in [0.29, 0.717) is 12.2 Å². The Labute approximate surface area is 118 Å². The van der Waals surface area contributed by atoms with Crippen molar-refractivity contribution >= 4 is 27.3 Å². The second-order valence-corrected chi connectivity index (χ2v) is 5.25. The van der Waals surface area contributed by atoms with E-state index in [0.717, 1.165) is 31.9 Å². The summed E-state index contributed by atoms with van der Waals surface area (Å²) in [6, 6.07) is 2.31. The Balaban J connectivity index is 2.01. The lowest BCUT2D eigenvalue weighted by molar-refractivity contribution is -0.384. The second kappa shape index (κ2) is 6.29. The molecular formula is C12H14BrFN2O3. The highest BCUT2D eigenvalue weighted by Crippen LogP contribution is 2.30. The molecule has 0 radical (unpaired) electrons. The second-order valence-electron chi connectivity index (χ2n) is 4.39. The van der Waals surface area contributed by atoms with Crippen molar-refractivity contribution in [1.29, 1.82) is 0 Å². The van der Waals surface area contributed by atoms with Gasteiger partial charge in [0.1, 0.15) is 11.5 Å². The number of anilines is 1. The molecule has 1 N–H and O–H groups in total. The van der Waals surface area contributed by atoms with Gasteiger partial charge in [0, 0.05) is 13.2 Å². The Morgan fingerprint density at radius 2 is 2.37 bits per heavy atom. The van der Waals surface area contributed by atoms with Gasteiger partial charge in [-0.05, 0) is 41.3 Å². The van der Waals surface area contributed by atoms with Crippen molar-refractivity contribution in [3.8, 4) is 0 Å². The number of rotatable bonds is 5. The number of nitrogens with zero attached hydrogens (tertiary/aromatic N) is 1. The van der Waals surface area contributed by atoms with Crippen LogP contribution >= 0.6 is 15.9 Å². The number of nitro groups is 1. The summed E-state index contributed by atoms with van der Waals surface area (Å²) < 4.78 is 19.0. The third-order valence-corrected chi connectivity index (χ3v) is 3.65. The topological polar surface area (TPSA) is 64.4 Å². The summed E-state index contributed by atoms with van der Waals surface area (Å²) in [4.78, 5) is 10.3. The summed E-state index contributed by atoms with van der Waals surface area (Å²) in [6.45, 7) is 1.34. The fraction of sp³-hybridized carbons (Fsp3) is 0.500. The fourth-order valence-corrected chi connectivity index (χ4v) is 2.41. The van der Waals surface area contributed by atoms with Crippen molar-refractivity contribution in [2.75, 3.05) is 18.5 Å². The fourth-order valence-electron chi connectivity index (χ4n) is 2.07. The molecule has 0 bridgehead atoms. The molecule has 19 heavy (non-hydrogen) atoms. The van der Waals surface area contributed by atoms with Crippen LogP contribution in [0.4, 0.5) is 15.8 Å². The Bertz CT molecular complexity index is 478. The van der Waals surface area contributed by atoms with E-state index in [1.54, 1.807) is 0 Å². The largest absolute Gasteiger partial charge is 0.379 e. The highest BCUT2D eigenvalue weighted by atomic mass is 79.9. The zero-order chi connectivity index (χ0) is 13.8. The number of hydrogen-bond donors (Lipinski definition) is 1. The van der Waals surface area contributed by atoms with Gasteiger partial charge in [-0.3, -0.25) is 10.1 Å². The van der Waals surface area contributed by atoms with Gasteiger partial charge in [0.2, 0.25) is 0 Å². The molecule has 1 aromatic rings. The molecule has 1 aromatic carbocycles. The zero-order valence-electron chi connectivity index (χ0n) is 10.2. The van der Waals surface area contributed by atoms with Gasteiger partial charge in [-0.25, -0.2) is 4.39 Å². The van der Waals surface area contributed by atoms with Crippen LogP contribution in [0.5, 0.6) is 0 Å². The number of nitro benzene ring substituents is 1. The molecule has 0 saturated carbocycles. The maximum atomic E-state index is 13.3. The van der Waals surface area contributed by atoms with E-state index in [-0.39, 0.29) is 16.3 Å². The Kier molecular flexibility index (Phi) is 4.71. The first-order chi connectivity index (χ1) is 9.08. The third-order valence-electron chi connectivity index (χ3n) is 3.04. The summed E-state index contributed by atoms with van der Waals surface area (Å²) in [6.07, 6.45) is 3.09. The predicted octanol–water partition coefficient (Wildman–Crippen LogP) is 3.48. The Hall–Kier alpha value is -1.21. The summed E-state index contributed by atoms with van der Waals surface area (Å²) in [5.41, 5.74) is 0.0595. The molecule has 2 rings (SSSR count). The number of benzene rings is 1. The summed E-state index contributed by atoms with van der Waals surface area (Å²) in [5.74, 6) is -0.642. The predicted molar refractivity (Wildman–Crippen MR) is 72.8 cm³/mol. The van der Waals surface area contributed by atoms with Crippen LogP contribution in [-0.4, -0.2) is 24.2 Å². The number of hydrogen-bond acceptors (Lipinski definition) is 4. The minimum atomic E-state index is -0.642. The zero-order valence-corrected chi connectivity index (χ0v) is 11.8. The third kappa shape index (κ3) is 3.63. The van der Waals surface area contributed by atoms with Crippen molar-refractivity contribution in [2.24, 2.45) is 0 Å². The smallest absolute Gasteiger partial charge is 0.295 e. The lowest BCUT2D eigenvalue weighted by atomic mass is 10.2. The van der Waals surface area contributed by atoms with Crippen LogP contribution in [0, 0.1) is 15.9 Å². The molecular weight excluding hydrogens is 319 g/mol. The molecule has 1 heterocycles. The van der Waals surface area contributed by atoms with Crippen molar-refractivity contribution in [2.45, 2.75) is 25.4 Å². The van der Waals surface area contributed by atoms with E-state index in [2.05, 4.69) is 21.2 Å². The molecule has 1 atom stereocenters. The molecule has 0 spiro atoms. The van der Waals surface area contributed by atoms with Crippen LogP contribution in [0.2, 0.25) is 0 Å². The monoisotopic (exact) mass is 332 g/mol. The van der Waals surface area contributed by atoms with Crippen LogP contribution < -0.4 is 5.32 Å². The number of ether oxygens (including phenoxy) is 1. The van der Waals surface area contributed by atoms with Crippen molar-refractivity contribution < 1.29 is 14.1 Å². The Morgan fingerprint density at radius 1 is 1.58 bits per heavy atom. The van der Waals surface area contributed by atoms with Gasteiger partial charge in [-0.1, -0.05) is 0 Å². The van der Waals surface area contributed by atoms with Gasteiger partial charge in [0.25, 0.3) is 5.69 Å². The van der Waals surface area contributed by atoms with Crippen molar-refractivity contribution in [3.05, 3.63) is 32.5 Å². The molecule has 0 aromatic heterocycles. The maximum Gasteiger partial charge on any atom is 0.295 e. The van der Waals surface area contributed by atoms with Crippen LogP contribution in [0.3, 0.4) is 0 Å². The van der Waals surface area contributed by atoms with Crippen LogP contribution in [-0.2, 0) is 4.74 Å². The van der Waals surface area contributed by atoms with E-state index >= 15 is 0 Å². The molecule has 104 valence electrons. The average molecular weight is 333 g/mol. The first-order valence-corrected chi connectivity index (χ1v) is 6.86. The van der Waals surface area contributed by atoms with Gasteiger partial charge < -0.3 is 10.1 Å². The van der Waals surface area contributed by atoms with Gasteiger partial charge in [0.15, 0.2) is 0 Å².